The summed E-state index contributed by atoms with van der Waals surface area (Å²) in [7, 11) is 2.88. The van der Waals surface area contributed by atoms with Gasteiger partial charge in [0.25, 0.3) is 5.91 Å². The highest BCUT2D eigenvalue weighted by molar-refractivity contribution is 5.85. The summed E-state index contributed by atoms with van der Waals surface area (Å²) in [5.74, 6) is -0.348. The van der Waals surface area contributed by atoms with E-state index in [1.165, 1.54) is 12.0 Å². The molecule has 1 heterocycles. The third-order valence-corrected chi connectivity index (χ3v) is 2.60. The first-order valence-electron chi connectivity index (χ1n) is 4.99. The molecule has 0 saturated carbocycles. The van der Waals surface area contributed by atoms with Gasteiger partial charge in [0, 0.05) is 13.7 Å². The molecule has 5 nitrogen and oxygen atoms in total. The lowest BCUT2D eigenvalue weighted by Crippen LogP contribution is -2.41. The van der Waals surface area contributed by atoms with E-state index in [1.807, 2.05) is 6.92 Å². The zero-order chi connectivity index (χ0) is 11.4. The van der Waals surface area contributed by atoms with Crippen LogP contribution < -0.4 is 0 Å². The highest BCUT2D eigenvalue weighted by Gasteiger charge is 2.33. The van der Waals surface area contributed by atoms with Crippen molar-refractivity contribution in [3.63, 3.8) is 0 Å². The van der Waals surface area contributed by atoms with Crippen LogP contribution in [0.4, 0.5) is 0 Å². The summed E-state index contributed by atoms with van der Waals surface area (Å²) in [5, 5.41) is 0. The van der Waals surface area contributed by atoms with Crippen LogP contribution in [0.25, 0.3) is 0 Å². The minimum Gasteiger partial charge on any atom is -0.468 e. The highest BCUT2D eigenvalue weighted by atomic mass is 16.5. The molecule has 1 saturated heterocycles. The van der Waals surface area contributed by atoms with E-state index in [0.29, 0.717) is 6.61 Å². The van der Waals surface area contributed by atoms with Gasteiger partial charge in [0.2, 0.25) is 0 Å². The fraction of sp³-hybridized carbons (Fsp3) is 0.800. The summed E-state index contributed by atoms with van der Waals surface area (Å²) in [6, 6.07) is 0. The number of carbonyl (C=O) groups is 2. The fourth-order valence-electron chi connectivity index (χ4n) is 1.56. The van der Waals surface area contributed by atoms with E-state index in [-0.39, 0.29) is 18.4 Å². The molecule has 1 rings (SSSR count). The van der Waals surface area contributed by atoms with Gasteiger partial charge in [0.05, 0.1) is 7.11 Å². The zero-order valence-corrected chi connectivity index (χ0v) is 9.36. The number of likely N-dealkylation sites (N-methyl/N-ethyl adjacent to an activating group) is 1. The van der Waals surface area contributed by atoms with Gasteiger partial charge in [-0.2, -0.15) is 0 Å². The van der Waals surface area contributed by atoms with Crippen LogP contribution in [-0.2, 0) is 19.1 Å². The highest BCUT2D eigenvalue weighted by Crippen LogP contribution is 2.21. The Labute approximate surface area is 89.3 Å². The summed E-state index contributed by atoms with van der Waals surface area (Å²) < 4.78 is 9.81. The molecule has 1 aliphatic heterocycles. The molecule has 0 aromatic heterocycles. The summed E-state index contributed by atoms with van der Waals surface area (Å²) in [4.78, 5) is 24.1. The molecular weight excluding hydrogens is 198 g/mol. The molecule has 1 amide bonds. The fourth-order valence-corrected chi connectivity index (χ4v) is 1.56. The van der Waals surface area contributed by atoms with Gasteiger partial charge >= 0.3 is 5.97 Å². The molecule has 0 radical (unpaired) electrons. The quantitative estimate of drug-likeness (QED) is 0.624. The first-order chi connectivity index (χ1) is 7.06. The third kappa shape index (κ3) is 2.92. The largest absolute Gasteiger partial charge is 0.468 e. The van der Waals surface area contributed by atoms with E-state index in [0.717, 1.165) is 6.42 Å². The van der Waals surface area contributed by atoms with Crippen molar-refractivity contribution in [2.45, 2.75) is 19.4 Å². The molecule has 2 unspecified atom stereocenters. The van der Waals surface area contributed by atoms with Gasteiger partial charge in [0.1, 0.15) is 12.6 Å². The number of amides is 1. The van der Waals surface area contributed by atoms with Crippen LogP contribution in [0, 0.1) is 5.92 Å². The lowest BCUT2D eigenvalue weighted by atomic mass is 10.0. The Bertz CT molecular complexity index is 254. The second-order valence-electron chi connectivity index (χ2n) is 3.83. The molecule has 0 aromatic rings. The van der Waals surface area contributed by atoms with Crippen molar-refractivity contribution >= 4 is 11.9 Å². The summed E-state index contributed by atoms with van der Waals surface area (Å²) in [6.07, 6.45) is 0.488. The summed E-state index contributed by atoms with van der Waals surface area (Å²) >= 11 is 0. The first kappa shape index (κ1) is 12.0. The van der Waals surface area contributed by atoms with Crippen LogP contribution in [0.3, 0.4) is 0 Å². The normalized spacial score (nSPS) is 25.0. The second kappa shape index (κ2) is 5.11. The Morgan fingerprint density at radius 3 is 2.67 bits per heavy atom. The summed E-state index contributed by atoms with van der Waals surface area (Å²) in [6.45, 7) is 2.56. The molecule has 0 bridgehead atoms. The molecule has 1 aliphatic rings. The Hall–Kier alpha value is -1.10. The van der Waals surface area contributed by atoms with Gasteiger partial charge in [-0.3, -0.25) is 9.59 Å². The first-order valence-corrected chi connectivity index (χ1v) is 4.99. The maximum Gasteiger partial charge on any atom is 0.325 e. The monoisotopic (exact) mass is 215 g/mol. The predicted octanol–water partition coefficient (Wildman–Crippen LogP) is 0.0428. The Balaban J connectivity index is 2.48. The number of carbonyl (C=O) groups excluding carboxylic acids is 2. The van der Waals surface area contributed by atoms with Gasteiger partial charge in [-0.15, -0.1) is 0 Å². The van der Waals surface area contributed by atoms with Gasteiger partial charge in [-0.05, 0) is 12.3 Å². The lowest BCUT2D eigenvalue weighted by molar-refractivity contribution is -0.150. The van der Waals surface area contributed by atoms with Crippen molar-refractivity contribution in [3.05, 3.63) is 0 Å². The molecule has 15 heavy (non-hydrogen) atoms. The summed E-state index contributed by atoms with van der Waals surface area (Å²) in [5.41, 5.74) is 0. The van der Waals surface area contributed by atoms with Gasteiger partial charge in [0.15, 0.2) is 0 Å². The van der Waals surface area contributed by atoms with Crippen molar-refractivity contribution in [2.75, 3.05) is 27.3 Å². The lowest BCUT2D eigenvalue weighted by Gasteiger charge is -2.21. The average molecular weight is 215 g/mol. The number of hydrogen-bond donors (Lipinski definition) is 0. The van der Waals surface area contributed by atoms with E-state index in [1.54, 1.807) is 7.05 Å². The zero-order valence-electron chi connectivity index (χ0n) is 9.36. The van der Waals surface area contributed by atoms with E-state index >= 15 is 0 Å². The van der Waals surface area contributed by atoms with E-state index in [2.05, 4.69) is 4.74 Å². The minimum absolute atomic E-state index is 0.0259. The van der Waals surface area contributed by atoms with Crippen LogP contribution >= 0.6 is 0 Å². The molecule has 86 valence electrons. The molecule has 0 aliphatic carbocycles. The molecule has 1 fully saturated rings. The van der Waals surface area contributed by atoms with Crippen LogP contribution in [0.15, 0.2) is 0 Å². The Kier molecular flexibility index (Phi) is 4.08. The van der Waals surface area contributed by atoms with E-state index in [4.69, 9.17) is 4.74 Å². The van der Waals surface area contributed by atoms with E-state index in [9.17, 15) is 9.59 Å². The van der Waals surface area contributed by atoms with Crippen LogP contribution in [0.5, 0.6) is 0 Å². The van der Waals surface area contributed by atoms with E-state index < -0.39 is 12.1 Å². The molecule has 0 N–H and O–H groups in total. The number of ether oxygens (including phenoxy) is 2. The van der Waals surface area contributed by atoms with Crippen molar-refractivity contribution in [2.24, 2.45) is 5.92 Å². The Morgan fingerprint density at radius 1 is 1.53 bits per heavy atom. The van der Waals surface area contributed by atoms with Crippen molar-refractivity contribution in [3.8, 4) is 0 Å². The second-order valence-corrected chi connectivity index (χ2v) is 3.83. The SMILES string of the molecule is COC(=O)CN(C)C(=O)C1OCCC1C. The predicted molar refractivity (Wildman–Crippen MR) is 53.2 cm³/mol. The van der Waals surface area contributed by atoms with Gasteiger partial charge in [-0.25, -0.2) is 0 Å². The minimum atomic E-state index is -0.420. The van der Waals surface area contributed by atoms with Crippen molar-refractivity contribution < 1.29 is 19.1 Å². The van der Waals surface area contributed by atoms with Crippen molar-refractivity contribution in [1.82, 2.24) is 4.90 Å². The molecular formula is C10H17NO4. The standard InChI is InChI=1S/C10H17NO4/c1-7-4-5-15-9(7)10(13)11(2)6-8(12)14-3/h7,9H,4-6H2,1-3H3. The van der Waals surface area contributed by atoms with Crippen LogP contribution in [-0.4, -0.2) is 50.2 Å². The van der Waals surface area contributed by atoms with Gasteiger partial charge in [-0.1, -0.05) is 6.92 Å². The topological polar surface area (TPSA) is 55.8 Å². The van der Waals surface area contributed by atoms with Crippen molar-refractivity contribution in [1.29, 1.82) is 0 Å². The number of nitrogens with zero attached hydrogens (tertiary/aromatic N) is 1. The number of esters is 1. The molecule has 0 spiro atoms. The van der Waals surface area contributed by atoms with Crippen LogP contribution in [0.1, 0.15) is 13.3 Å². The Morgan fingerprint density at radius 2 is 2.20 bits per heavy atom. The molecule has 0 aromatic carbocycles. The molecule has 2 atom stereocenters. The number of rotatable bonds is 3. The smallest absolute Gasteiger partial charge is 0.325 e. The number of hydrogen-bond acceptors (Lipinski definition) is 4. The third-order valence-electron chi connectivity index (χ3n) is 2.60. The molecule has 5 heteroatoms. The maximum atomic E-state index is 11.8. The van der Waals surface area contributed by atoms with Gasteiger partial charge < -0.3 is 14.4 Å². The van der Waals surface area contributed by atoms with Crippen LogP contribution in [0.2, 0.25) is 0 Å². The number of methoxy groups -OCH3 is 1. The average Bonchev–Trinajstić information content (AvgIpc) is 2.63. The maximum absolute atomic E-state index is 11.8.